The predicted molar refractivity (Wildman–Crippen MR) is 75.8 cm³/mol. The molecule has 5 heteroatoms. The fraction of sp³-hybridized carbons (Fsp3) is 0.769. The van der Waals surface area contributed by atoms with Crippen molar-refractivity contribution < 1.29 is 9.47 Å². The molecular weight excluding hydrogens is 296 g/mol. The van der Waals surface area contributed by atoms with Crippen LogP contribution in [0.4, 0.5) is 0 Å². The summed E-state index contributed by atoms with van der Waals surface area (Å²) in [5.41, 5.74) is 5.39. The van der Waals surface area contributed by atoms with E-state index in [4.69, 9.17) is 15.2 Å². The van der Waals surface area contributed by atoms with E-state index in [0.717, 1.165) is 36.8 Å². The Balaban J connectivity index is 1.84. The van der Waals surface area contributed by atoms with Gasteiger partial charge in [-0.1, -0.05) is 0 Å². The number of aliphatic imine (C=N–C) groups is 1. The zero-order chi connectivity index (χ0) is 12.8. The summed E-state index contributed by atoms with van der Waals surface area (Å²) in [5.74, 6) is 0. The lowest BCUT2D eigenvalue weighted by Crippen LogP contribution is -2.31. The van der Waals surface area contributed by atoms with Crippen molar-refractivity contribution in [1.82, 2.24) is 0 Å². The molecule has 4 nitrogen and oxygen atoms in total. The van der Waals surface area contributed by atoms with Gasteiger partial charge in [0.25, 0.3) is 0 Å². The fourth-order valence-corrected chi connectivity index (χ4v) is 2.58. The van der Waals surface area contributed by atoms with E-state index in [9.17, 15) is 0 Å². The maximum atomic E-state index is 6.03. The quantitative estimate of drug-likeness (QED) is 0.811. The standard InChI is InChI=1S/C13H21BrN2O2/c14-10(8-15)9-16-11-4-3-5-12(11)18-13-6-1-2-7-17-13/h8-9,11-13H,1-7,15H2/b10-8+,16-9?. The number of hydrogen-bond acceptors (Lipinski definition) is 4. The van der Waals surface area contributed by atoms with Crippen LogP contribution in [0.25, 0.3) is 0 Å². The Kier molecular flexibility index (Phi) is 5.66. The van der Waals surface area contributed by atoms with Crippen molar-refractivity contribution in [2.75, 3.05) is 6.61 Å². The number of hydrogen-bond donors (Lipinski definition) is 1. The summed E-state index contributed by atoms with van der Waals surface area (Å²) in [5, 5.41) is 0. The van der Waals surface area contributed by atoms with Crippen molar-refractivity contribution in [2.24, 2.45) is 10.7 Å². The van der Waals surface area contributed by atoms with Gasteiger partial charge in [0.1, 0.15) is 0 Å². The highest BCUT2D eigenvalue weighted by molar-refractivity contribution is 9.12. The van der Waals surface area contributed by atoms with E-state index in [1.807, 2.05) is 0 Å². The first kappa shape index (κ1) is 14.0. The molecule has 3 atom stereocenters. The van der Waals surface area contributed by atoms with E-state index in [-0.39, 0.29) is 18.4 Å². The van der Waals surface area contributed by atoms with Crippen LogP contribution in [-0.2, 0) is 9.47 Å². The Morgan fingerprint density at radius 3 is 2.89 bits per heavy atom. The second kappa shape index (κ2) is 7.26. The van der Waals surface area contributed by atoms with Crippen LogP contribution in [0.3, 0.4) is 0 Å². The Labute approximate surface area is 117 Å². The van der Waals surface area contributed by atoms with Gasteiger partial charge in [-0.05, 0) is 54.5 Å². The van der Waals surface area contributed by atoms with E-state index in [1.165, 1.54) is 19.0 Å². The zero-order valence-electron chi connectivity index (χ0n) is 10.6. The molecule has 2 N–H and O–H groups in total. The fourth-order valence-electron chi connectivity index (χ4n) is 2.46. The van der Waals surface area contributed by atoms with Gasteiger partial charge in [-0.15, -0.1) is 0 Å². The van der Waals surface area contributed by atoms with Crippen molar-refractivity contribution in [1.29, 1.82) is 0 Å². The van der Waals surface area contributed by atoms with E-state index < -0.39 is 0 Å². The highest BCUT2D eigenvalue weighted by Crippen LogP contribution is 2.28. The van der Waals surface area contributed by atoms with Gasteiger partial charge in [-0.25, -0.2) is 0 Å². The van der Waals surface area contributed by atoms with Crippen LogP contribution in [-0.4, -0.2) is 31.3 Å². The largest absolute Gasteiger partial charge is 0.404 e. The average molecular weight is 317 g/mol. The van der Waals surface area contributed by atoms with Crippen LogP contribution < -0.4 is 5.73 Å². The molecule has 102 valence electrons. The van der Waals surface area contributed by atoms with Gasteiger partial charge in [-0.2, -0.15) is 0 Å². The highest BCUT2D eigenvalue weighted by atomic mass is 79.9. The Morgan fingerprint density at radius 2 is 2.17 bits per heavy atom. The number of allylic oxidation sites excluding steroid dienone is 1. The maximum Gasteiger partial charge on any atom is 0.158 e. The lowest BCUT2D eigenvalue weighted by atomic mass is 10.2. The molecule has 1 heterocycles. The lowest BCUT2D eigenvalue weighted by molar-refractivity contribution is -0.188. The second-order valence-corrected chi connectivity index (χ2v) is 5.71. The van der Waals surface area contributed by atoms with Gasteiger partial charge >= 0.3 is 0 Å². The summed E-state index contributed by atoms with van der Waals surface area (Å²) in [6, 6.07) is 0.239. The Bertz CT molecular complexity index is 314. The minimum absolute atomic E-state index is 0.0203. The lowest BCUT2D eigenvalue weighted by Gasteiger charge is -2.27. The van der Waals surface area contributed by atoms with E-state index in [1.54, 1.807) is 6.21 Å². The summed E-state index contributed by atoms with van der Waals surface area (Å²) >= 11 is 3.32. The van der Waals surface area contributed by atoms with Crippen LogP contribution in [0.15, 0.2) is 15.7 Å². The van der Waals surface area contributed by atoms with Crippen molar-refractivity contribution >= 4 is 22.1 Å². The molecule has 0 radical (unpaired) electrons. The minimum Gasteiger partial charge on any atom is -0.404 e. The first-order chi connectivity index (χ1) is 8.79. The average Bonchev–Trinajstić information content (AvgIpc) is 2.84. The molecule has 0 bridgehead atoms. The topological polar surface area (TPSA) is 56.8 Å². The molecule has 0 aromatic rings. The normalized spacial score (nSPS) is 34.3. The zero-order valence-corrected chi connectivity index (χ0v) is 12.1. The molecule has 2 rings (SSSR count). The molecule has 1 saturated carbocycles. The number of nitrogens with two attached hydrogens (primary N) is 1. The molecule has 0 aromatic heterocycles. The molecule has 3 unspecified atom stereocenters. The van der Waals surface area contributed by atoms with Gasteiger partial charge in [0, 0.05) is 19.0 Å². The van der Waals surface area contributed by atoms with Crippen LogP contribution >= 0.6 is 15.9 Å². The summed E-state index contributed by atoms with van der Waals surface area (Å²) < 4.78 is 12.5. The van der Waals surface area contributed by atoms with Crippen LogP contribution in [0.5, 0.6) is 0 Å². The first-order valence-corrected chi connectivity index (χ1v) is 7.46. The molecule has 0 aromatic carbocycles. The Hall–Kier alpha value is -0.390. The maximum absolute atomic E-state index is 6.03. The van der Waals surface area contributed by atoms with E-state index in [0.29, 0.717) is 0 Å². The summed E-state index contributed by atoms with van der Waals surface area (Å²) in [6.45, 7) is 0.826. The van der Waals surface area contributed by atoms with Gasteiger partial charge in [0.05, 0.1) is 16.6 Å². The summed E-state index contributed by atoms with van der Waals surface area (Å²) in [6.07, 6.45) is 10.1. The Morgan fingerprint density at radius 1 is 1.28 bits per heavy atom. The van der Waals surface area contributed by atoms with Gasteiger partial charge in [0.15, 0.2) is 6.29 Å². The molecular formula is C13H21BrN2O2. The second-order valence-electron chi connectivity index (χ2n) is 4.80. The third-order valence-electron chi connectivity index (χ3n) is 3.43. The van der Waals surface area contributed by atoms with Crippen molar-refractivity contribution in [3.63, 3.8) is 0 Å². The first-order valence-electron chi connectivity index (χ1n) is 6.67. The summed E-state index contributed by atoms with van der Waals surface area (Å²) in [4.78, 5) is 4.54. The van der Waals surface area contributed by atoms with Crippen LogP contribution in [0.1, 0.15) is 38.5 Å². The molecule has 0 spiro atoms. The molecule has 0 amide bonds. The molecule has 2 aliphatic rings. The molecule has 18 heavy (non-hydrogen) atoms. The minimum atomic E-state index is -0.0203. The summed E-state index contributed by atoms with van der Waals surface area (Å²) in [7, 11) is 0. The van der Waals surface area contributed by atoms with Crippen LogP contribution in [0, 0.1) is 0 Å². The third-order valence-corrected chi connectivity index (χ3v) is 3.90. The predicted octanol–water partition coefficient (Wildman–Crippen LogP) is 2.72. The monoisotopic (exact) mass is 316 g/mol. The van der Waals surface area contributed by atoms with Crippen molar-refractivity contribution in [2.45, 2.75) is 57.0 Å². The van der Waals surface area contributed by atoms with Gasteiger partial charge in [0.2, 0.25) is 0 Å². The van der Waals surface area contributed by atoms with Crippen molar-refractivity contribution in [3.8, 4) is 0 Å². The molecule has 2 fully saturated rings. The smallest absolute Gasteiger partial charge is 0.158 e. The molecule has 1 aliphatic heterocycles. The van der Waals surface area contributed by atoms with Gasteiger partial charge in [-0.3, -0.25) is 4.99 Å². The third kappa shape index (κ3) is 4.07. The number of nitrogens with zero attached hydrogens (tertiary/aromatic N) is 1. The molecule has 1 saturated heterocycles. The van der Waals surface area contributed by atoms with E-state index >= 15 is 0 Å². The molecule has 1 aliphatic carbocycles. The van der Waals surface area contributed by atoms with Crippen molar-refractivity contribution in [3.05, 3.63) is 10.7 Å². The van der Waals surface area contributed by atoms with Gasteiger partial charge < -0.3 is 15.2 Å². The number of ether oxygens (including phenoxy) is 2. The number of halogens is 1. The highest BCUT2D eigenvalue weighted by Gasteiger charge is 2.30. The van der Waals surface area contributed by atoms with Crippen LogP contribution in [0.2, 0.25) is 0 Å². The number of rotatable bonds is 4. The van der Waals surface area contributed by atoms with E-state index in [2.05, 4.69) is 20.9 Å². The SMILES string of the molecule is N/C=C(/Br)C=NC1CCCC1OC1CCCCO1.